The SMILES string of the molecule is CCCCCC/C=C\CCCCCCCC(=O)OCCCCCCCCCCC/C=C\C/C=C\CCCCCCCCCCCC(=O)NC(CO)C(O)CCCCCCCCCCCCCCCCCCCCCCCC. The van der Waals surface area contributed by atoms with E-state index in [0.717, 1.165) is 51.4 Å². The molecule has 2 atom stereocenters. The number of carbonyl (C=O) groups is 2. The van der Waals surface area contributed by atoms with E-state index in [9.17, 15) is 19.8 Å². The third kappa shape index (κ3) is 63.1. The average molecular weight is 1080 g/mol. The van der Waals surface area contributed by atoms with Crippen LogP contribution in [0.2, 0.25) is 0 Å². The van der Waals surface area contributed by atoms with E-state index in [1.807, 2.05) is 0 Å². The minimum atomic E-state index is -0.670. The number of hydrogen-bond donors (Lipinski definition) is 3. The lowest BCUT2D eigenvalue weighted by molar-refractivity contribution is -0.143. The molecule has 0 fully saturated rings. The van der Waals surface area contributed by atoms with E-state index in [0.29, 0.717) is 25.9 Å². The van der Waals surface area contributed by atoms with E-state index in [1.165, 1.54) is 295 Å². The third-order valence-electron chi connectivity index (χ3n) is 16.2. The predicted molar refractivity (Wildman–Crippen MR) is 338 cm³/mol. The van der Waals surface area contributed by atoms with E-state index in [1.54, 1.807) is 0 Å². The zero-order chi connectivity index (χ0) is 55.7. The predicted octanol–water partition coefficient (Wildman–Crippen LogP) is 22.3. The van der Waals surface area contributed by atoms with Crippen molar-refractivity contribution < 1.29 is 24.5 Å². The molecule has 0 saturated carbocycles. The Morgan fingerprint density at radius 3 is 1.01 bits per heavy atom. The number of aliphatic hydroxyl groups is 2. The maximum absolute atomic E-state index is 12.5. The van der Waals surface area contributed by atoms with Gasteiger partial charge in [-0.3, -0.25) is 9.59 Å². The molecule has 454 valence electrons. The Kier molecular flexibility index (Phi) is 64.9. The van der Waals surface area contributed by atoms with E-state index in [2.05, 4.69) is 55.6 Å². The second-order valence-electron chi connectivity index (χ2n) is 23.9. The Morgan fingerprint density at radius 1 is 0.364 bits per heavy atom. The van der Waals surface area contributed by atoms with Crippen LogP contribution in [-0.4, -0.2) is 47.4 Å². The lowest BCUT2D eigenvalue weighted by Gasteiger charge is -2.22. The Labute approximate surface area is 481 Å². The molecule has 0 aliphatic heterocycles. The van der Waals surface area contributed by atoms with E-state index in [-0.39, 0.29) is 18.5 Å². The fraction of sp³-hybridized carbons (Fsp3) is 0.887. The van der Waals surface area contributed by atoms with Crippen LogP contribution in [0, 0.1) is 0 Å². The van der Waals surface area contributed by atoms with Crippen LogP contribution in [0.4, 0.5) is 0 Å². The fourth-order valence-corrected chi connectivity index (χ4v) is 10.8. The van der Waals surface area contributed by atoms with Gasteiger partial charge in [0.1, 0.15) is 0 Å². The van der Waals surface area contributed by atoms with Crippen molar-refractivity contribution >= 4 is 11.9 Å². The van der Waals surface area contributed by atoms with Crippen LogP contribution < -0.4 is 5.32 Å². The number of aliphatic hydroxyl groups excluding tert-OH is 2. The summed E-state index contributed by atoms with van der Waals surface area (Å²) in [6, 6.07) is -0.548. The molecule has 0 aromatic heterocycles. The largest absolute Gasteiger partial charge is 0.466 e. The molecular formula is C71H135NO5. The van der Waals surface area contributed by atoms with Crippen LogP contribution in [0.3, 0.4) is 0 Å². The first kappa shape index (κ1) is 75.1. The zero-order valence-electron chi connectivity index (χ0n) is 52.0. The number of esters is 1. The number of carbonyl (C=O) groups excluding carboxylic acids is 2. The summed E-state index contributed by atoms with van der Waals surface area (Å²) in [6.07, 6.45) is 84.7. The molecule has 0 aliphatic carbocycles. The summed E-state index contributed by atoms with van der Waals surface area (Å²) in [4.78, 5) is 24.6. The second-order valence-corrected chi connectivity index (χ2v) is 23.9. The highest BCUT2D eigenvalue weighted by Crippen LogP contribution is 2.18. The summed E-state index contributed by atoms with van der Waals surface area (Å²) < 4.78 is 5.47. The average Bonchev–Trinajstić information content (AvgIpc) is 3.43. The van der Waals surface area contributed by atoms with Crippen molar-refractivity contribution in [3.63, 3.8) is 0 Å². The van der Waals surface area contributed by atoms with Gasteiger partial charge in [0.2, 0.25) is 5.91 Å². The third-order valence-corrected chi connectivity index (χ3v) is 16.2. The molecule has 0 spiro atoms. The summed E-state index contributed by atoms with van der Waals surface area (Å²) >= 11 is 0. The number of hydrogen-bond acceptors (Lipinski definition) is 5. The molecule has 77 heavy (non-hydrogen) atoms. The molecular weight excluding hydrogens is 947 g/mol. The molecule has 1 amide bonds. The molecule has 0 aromatic carbocycles. The number of ether oxygens (including phenoxy) is 1. The van der Waals surface area contributed by atoms with Crippen molar-refractivity contribution in [1.29, 1.82) is 0 Å². The molecule has 3 N–H and O–H groups in total. The van der Waals surface area contributed by atoms with E-state index < -0.39 is 12.1 Å². The van der Waals surface area contributed by atoms with Gasteiger partial charge < -0.3 is 20.3 Å². The Morgan fingerprint density at radius 2 is 0.649 bits per heavy atom. The van der Waals surface area contributed by atoms with Gasteiger partial charge in [0.15, 0.2) is 0 Å². The van der Waals surface area contributed by atoms with E-state index in [4.69, 9.17) is 4.74 Å². The van der Waals surface area contributed by atoms with Crippen LogP contribution >= 0.6 is 0 Å². The molecule has 2 unspecified atom stereocenters. The molecule has 0 radical (unpaired) electrons. The van der Waals surface area contributed by atoms with Gasteiger partial charge in [-0.15, -0.1) is 0 Å². The zero-order valence-corrected chi connectivity index (χ0v) is 52.0. The monoisotopic (exact) mass is 1080 g/mol. The van der Waals surface area contributed by atoms with Gasteiger partial charge in [-0.1, -0.05) is 320 Å². The Hall–Kier alpha value is -1.92. The van der Waals surface area contributed by atoms with Crippen LogP contribution in [0.5, 0.6) is 0 Å². The van der Waals surface area contributed by atoms with Crippen LogP contribution in [0.25, 0.3) is 0 Å². The van der Waals surface area contributed by atoms with Crippen LogP contribution in [0.1, 0.15) is 380 Å². The molecule has 0 aromatic rings. The van der Waals surface area contributed by atoms with Gasteiger partial charge in [-0.2, -0.15) is 0 Å². The summed E-state index contributed by atoms with van der Waals surface area (Å²) in [6.45, 7) is 4.96. The molecule has 6 heteroatoms. The standard InChI is InChI=1S/C71H135NO5/c1-3-5-7-9-11-13-15-17-18-19-20-21-27-30-33-36-40-43-47-51-55-59-63-69(74)68(67-73)72-70(75)64-60-56-52-48-44-41-37-34-31-28-25-23-22-24-26-29-32-35-38-42-46-50-54-58-62-66-77-71(76)65-61-57-53-49-45-39-16-14-12-10-8-6-4-2/h14,16,23-26,68-69,73-74H,3-13,15,17-22,27-67H2,1-2H3,(H,72,75)/b16-14-,25-23-,26-24-. The van der Waals surface area contributed by atoms with Crippen molar-refractivity contribution in [2.45, 2.75) is 392 Å². The normalized spacial score (nSPS) is 12.7. The highest BCUT2D eigenvalue weighted by Gasteiger charge is 2.20. The first-order valence-corrected chi connectivity index (χ1v) is 34.7. The van der Waals surface area contributed by atoms with Crippen LogP contribution in [-0.2, 0) is 14.3 Å². The van der Waals surface area contributed by atoms with Gasteiger partial charge in [-0.05, 0) is 83.5 Å². The lowest BCUT2D eigenvalue weighted by atomic mass is 10.0. The summed E-state index contributed by atoms with van der Waals surface area (Å²) in [5.74, 6) is -0.0372. The van der Waals surface area contributed by atoms with Gasteiger partial charge in [0, 0.05) is 12.8 Å². The Balaban J connectivity index is 3.44. The topological polar surface area (TPSA) is 95.9 Å². The van der Waals surface area contributed by atoms with Gasteiger partial charge >= 0.3 is 5.97 Å². The smallest absolute Gasteiger partial charge is 0.305 e. The first-order valence-electron chi connectivity index (χ1n) is 34.7. The van der Waals surface area contributed by atoms with Crippen molar-refractivity contribution in [3.05, 3.63) is 36.5 Å². The number of unbranched alkanes of at least 4 members (excludes halogenated alkanes) is 48. The minimum absolute atomic E-state index is 0.000185. The maximum Gasteiger partial charge on any atom is 0.305 e. The molecule has 0 heterocycles. The number of nitrogens with one attached hydrogen (secondary N) is 1. The first-order chi connectivity index (χ1) is 38.0. The van der Waals surface area contributed by atoms with E-state index >= 15 is 0 Å². The number of rotatable bonds is 65. The van der Waals surface area contributed by atoms with Crippen molar-refractivity contribution in [1.82, 2.24) is 5.32 Å². The molecule has 0 saturated heterocycles. The van der Waals surface area contributed by atoms with Gasteiger partial charge in [0.05, 0.1) is 25.4 Å². The Bertz CT molecular complexity index is 1250. The maximum atomic E-state index is 12.5. The fourth-order valence-electron chi connectivity index (χ4n) is 10.8. The van der Waals surface area contributed by atoms with Gasteiger partial charge in [-0.25, -0.2) is 0 Å². The summed E-state index contributed by atoms with van der Waals surface area (Å²) in [7, 11) is 0. The van der Waals surface area contributed by atoms with Crippen LogP contribution in [0.15, 0.2) is 36.5 Å². The second kappa shape index (κ2) is 66.6. The van der Waals surface area contributed by atoms with Gasteiger partial charge in [0.25, 0.3) is 0 Å². The molecule has 6 nitrogen and oxygen atoms in total. The highest BCUT2D eigenvalue weighted by molar-refractivity contribution is 5.76. The molecule has 0 bridgehead atoms. The van der Waals surface area contributed by atoms with Crippen molar-refractivity contribution in [2.75, 3.05) is 13.2 Å². The highest BCUT2D eigenvalue weighted by atomic mass is 16.5. The molecule has 0 rings (SSSR count). The minimum Gasteiger partial charge on any atom is -0.466 e. The number of amides is 1. The summed E-state index contributed by atoms with van der Waals surface area (Å²) in [5, 5.41) is 23.4. The lowest BCUT2D eigenvalue weighted by Crippen LogP contribution is -2.45. The van der Waals surface area contributed by atoms with Crippen molar-refractivity contribution in [3.8, 4) is 0 Å². The quantitative estimate of drug-likeness (QED) is 0.0320. The number of allylic oxidation sites excluding steroid dienone is 6. The van der Waals surface area contributed by atoms with Crippen molar-refractivity contribution in [2.24, 2.45) is 0 Å². The summed E-state index contributed by atoms with van der Waals surface area (Å²) in [5.41, 5.74) is 0. The molecule has 0 aliphatic rings.